The van der Waals surface area contributed by atoms with Crippen molar-refractivity contribution in [3.05, 3.63) is 34.3 Å². The van der Waals surface area contributed by atoms with Gasteiger partial charge in [-0.05, 0) is 43.2 Å². The zero-order chi connectivity index (χ0) is 10.3. The Morgan fingerprint density at radius 2 is 1.86 bits per heavy atom. The van der Waals surface area contributed by atoms with Gasteiger partial charge in [-0.1, -0.05) is 11.6 Å². The quantitative estimate of drug-likeness (QED) is 0.720. The number of nitrogens with two attached hydrogens (primary N) is 1. The highest BCUT2D eigenvalue weighted by atomic mass is 35.5. The minimum atomic E-state index is 0.586. The van der Waals surface area contributed by atoms with E-state index in [1.54, 1.807) is 0 Å². The average Bonchev–Trinajstić information content (AvgIpc) is 2.08. The largest absolute Gasteiger partial charge is 0.383 e. The molecule has 2 N–H and O–H groups in total. The van der Waals surface area contributed by atoms with E-state index in [1.807, 2.05) is 32.0 Å². The molecule has 14 heavy (non-hydrogen) atoms. The van der Waals surface area contributed by atoms with E-state index >= 15 is 0 Å². The third-order valence-electron chi connectivity index (χ3n) is 2.30. The zero-order valence-electron chi connectivity index (χ0n) is 8.13. The van der Waals surface area contributed by atoms with E-state index in [0.717, 1.165) is 27.1 Å². The van der Waals surface area contributed by atoms with Gasteiger partial charge in [0.15, 0.2) is 0 Å². The number of rotatable bonds is 0. The van der Waals surface area contributed by atoms with Crippen LogP contribution in [-0.2, 0) is 0 Å². The van der Waals surface area contributed by atoms with Crippen molar-refractivity contribution < 1.29 is 0 Å². The van der Waals surface area contributed by atoms with Gasteiger partial charge in [-0.25, -0.2) is 4.98 Å². The number of hydrogen-bond acceptors (Lipinski definition) is 2. The number of aryl methyl sites for hydroxylation is 2. The van der Waals surface area contributed by atoms with Gasteiger partial charge in [0.25, 0.3) is 0 Å². The van der Waals surface area contributed by atoms with Crippen LogP contribution in [0.1, 0.15) is 11.1 Å². The topological polar surface area (TPSA) is 38.9 Å². The average molecular weight is 207 g/mol. The number of anilines is 1. The molecule has 1 heterocycles. The Hall–Kier alpha value is -1.28. The van der Waals surface area contributed by atoms with Crippen LogP contribution in [0.3, 0.4) is 0 Å². The summed E-state index contributed by atoms with van der Waals surface area (Å²) in [6, 6.07) is 5.81. The Morgan fingerprint density at radius 1 is 1.14 bits per heavy atom. The minimum absolute atomic E-state index is 0.586. The minimum Gasteiger partial charge on any atom is -0.383 e. The van der Waals surface area contributed by atoms with Gasteiger partial charge in [0, 0.05) is 10.4 Å². The number of hydrogen-bond donors (Lipinski definition) is 1. The van der Waals surface area contributed by atoms with Gasteiger partial charge in [-0.3, -0.25) is 0 Å². The first-order valence-corrected chi connectivity index (χ1v) is 4.78. The van der Waals surface area contributed by atoms with Crippen LogP contribution in [-0.4, -0.2) is 4.98 Å². The predicted molar refractivity (Wildman–Crippen MR) is 60.6 cm³/mol. The first kappa shape index (κ1) is 9.28. The number of nitrogens with zero attached hydrogens (tertiary/aromatic N) is 1. The molecule has 72 valence electrons. The summed E-state index contributed by atoms with van der Waals surface area (Å²) in [6.07, 6.45) is 0. The van der Waals surface area contributed by atoms with Gasteiger partial charge >= 0.3 is 0 Å². The molecule has 0 aliphatic carbocycles. The Labute approximate surface area is 87.7 Å². The predicted octanol–water partition coefficient (Wildman–Crippen LogP) is 3.09. The van der Waals surface area contributed by atoms with E-state index in [-0.39, 0.29) is 0 Å². The Bertz CT molecular complexity index is 506. The molecule has 0 saturated heterocycles. The SMILES string of the molecule is Cc1cc2cc(Cl)cc(C)c2nc1N. The maximum atomic E-state index is 5.96. The molecule has 3 heteroatoms. The van der Waals surface area contributed by atoms with Crippen molar-refractivity contribution in [3.63, 3.8) is 0 Å². The van der Waals surface area contributed by atoms with Crippen LogP contribution < -0.4 is 5.73 Å². The van der Waals surface area contributed by atoms with Crippen molar-refractivity contribution in [3.8, 4) is 0 Å². The molecule has 2 rings (SSSR count). The lowest BCUT2D eigenvalue weighted by Gasteiger charge is -2.05. The van der Waals surface area contributed by atoms with Crippen molar-refractivity contribution in [2.24, 2.45) is 0 Å². The van der Waals surface area contributed by atoms with E-state index in [0.29, 0.717) is 5.82 Å². The Kier molecular flexibility index (Phi) is 2.08. The van der Waals surface area contributed by atoms with Crippen molar-refractivity contribution in [1.29, 1.82) is 0 Å². The van der Waals surface area contributed by atoms with E-state index in [1.165, 1.54) is 0 Å². The van der Waals surface area contributed by atoms with Crippen LogP contribution in [0, 0.1) is 13.8 Å². The van der Waals surface area contributed by atoms with Crippen molar-refractivity contribution in [2.75, 3.05) is 5.73 Å². The molecule has 0 aliphatic rings. The van der Waals surface area contributed by atoms with Crippen molar-refractivity contribution in [2.45, 2.75) is 13.8 Å². The molecule has 0 aliphatic heterocycles. The Morgan fingerprint density at radius 3 is 2.57 bits per heavy atom. The van der Waals surface area contributed by atoms with Crippen LogP contribution in [0.4, 0.5) is 5.82 Å². The molecule has 1 aromatic heterocycles. The van der Waals surface area contributed by atoms with E-state index in [9.17, 15) is 0 Å². The lowest BCUT2D eigenvalue weighted by atomic mass is 10.1. The number of fused-ring (bicyclic) bond motifs is 1. The second-order valence-electron chi connectivity index (χ2n) is 3.48. The van der Waals surface area contributed by atoms with Crippen LogP contribution in [0.2, 0.25) is 5.02 Å². The number of pyridine rings is 1. The van der Waals surface area contributed by atoms with E-state index in [2.05, 4.69) is 4.98 Å². The molecule has 0 radical (unpaired) electrons. The molecule has 0 unspecified atom stereocenters. The molecule has 2 nitrogen and oxygen atoms in total. The molecular formula is C11H11ClN2. The van der Waals surface area contributed by atoms with Crippen LogP contribution in [0.25, 0.3) is 10.9 Å². The molecule has 0 bridgehead atoms. The summed E-state index contributed by atoms with van der Waals surface area (Å²) in [6.45, 7) is 3.92. The summed E-state index contributed by atoms with van der Waals surface area (Å²) >= 11 is 5.96. The van der Waals surface area contributed by atoms with E-state index < -0.39 is 0 Å². The summed E-state index contributed by atoms with van der Waals surface area (Å²) in [7, 11) is 0. The van der Waals surface area contributed by atoms with Crippen LogP contribution in [0.15, 0.2) is 18.2 Å². The molecule has 0 atom stereocenters. The van der Waals surface area contributed by atoms with Gasteiger partial charge < -0.3 is 5.73 Å². The summed E-state index contributed by atoms with van der Waals surface area (Å²) < 4.78 is 0. The molecule has 0 fully saturated rings. The monoisotopic (exact) mass is 206 g/mol. The second-order valence-corrected chi connectivity index (χ2v) is 3.92. The first-order chi connectivity index (χ1) is 6.58. The normalized spacial score (nSPS) is 10.8. The van der Waals surface area contributed by atoms with Gasteiger partial charge in [0.1, 0.15) is 5.82 Å². The van der Waals surface area contributed by atoms with Crippen molar-refractivity contribution in [1.82, 2.24) is 4.98 Å². The summed E-state index contributed by atoms with van der Waals surface area (Å²) in [4.78, 5) is 4.33. The molecular weight excluding hydrogens is 196 g/mol. The molecule has 0 saturated carbocycles. The summed E-state index contributed by atoms with van der Waals surface area (Å²) in [5.41, 5.74) is 8.72. The maximum Gasteiger partial charge on any atom is 0.127 e. The lowest BCUT2D eigenvalue weighted by molar-refractivity contribution is 1.32. The second kappa shape index (κ2) is 3.14. The van der Waals surface area contributed by atoms with Gasteiger partial charge in [-0.2, -0.15) is 0 Å². The Balaban J connectivity index is 2.89. The number of benzene rings is 1. The van der Waals surface area contributed by atoms with Gasteiger partial charge in [0.2, 0.25) is 0 Å². The highest BCUT2D eigenvalue weighted by molar-refractivity contribution is 6.31. The van der Waals surface area contributed by atoms with Gasteiger partial charge in [-0.15, -0.1) is 0 Å². The standard InChI is InChI=1S/C11H11ClN2/c1-6-4-9(12)5-8-3-7(2)11(13)14-10(6)8/h3-5H,1-2H3,(H2,13,14). The van der Waals surface area contributed by atoms with Crippen molar-refractivity contribution >= 4 is 28.3 Å². The fourth-order valence-electron chi connectivity index (χ4n) is 1.54. The first-order valence-electron chi connectivity index (χ1n) is 4.41. The fraction of sp³-hybridized carbons (Fsp3) is 0.182. The number of halogens is 1. The van der Waals surface area contributed by atoms with Crippen LogP contribution in [0.5, 0.6) is 0 Å². The molecule has 0 amide bonds. The third kappa shape index (κ3) is 1.42. The summed E-state index contributed by atoms with van der Waals surface area (Å²) in [5.74, 6) is 0.586. The fourth-order valence-corrected chi connectivity index (χ4v) is 1.82. The third-order valence-corrected chi connectivity index (χ3v) is 2.52. The molecule has 2 aromatic rings. The highest BCUT2D eigenvalue weighted by Gasteiger charge is 2.03. The van der Waals surface area contributed by atoms with Crippen LogP contribution >= 0.6 is 11.6 Å². The van der Waals surface area contributed by atoms with Gasteiger partial charge in [0.05, 0.1) is 5.52 Å². The summed E-state index contributed by atoms with van der Waals surface area (Å²) in [5, 5.41) is 1.78. The number of nitrogen functional groups attached to an aromatic ring is 1. The zero-order valence-corrected chi connectivity index (χ0v) is 8.89. The maximum absolute atomic E-state index is 5.96. The lowest BCUT2D eigenvalue weighted by Crippen LogP contribution is -1.95. The molecule has 1 aromatic carbocycles. The van der Waals surface area contributed by atoms with E-state index in [4.69, 9.17) is 17.3 Å². The highest BCUT2D eigenvalue weighted by Crippen LogP contribution is 2.24. The smallest absolute Gasteiger partial charge is 0.127 e. The number of aromatic nitrogens is 1. The molecule has 0 spiro atoms.